The fraction of sp³-hybridized carbons (Fsp3) is 0.200. The summed E-state index contributed by atoms with van der Waals surface area (Å²) in [4.78, 5) is 17.8. The zero-order valence-corrected chi connectivity index (χ0v) is 11.8. The maximum absolute atomic E-state index is 11.6. The van der Waals surface area contributed by atoms with E-state index in [0.717, 1.165) is 11.3 Å². The van der Waals surface area contributed by atoms with Crippen molar-refractivity contribution in [2.75, 3.05) is 11.9 Å². The second-order valence-electron chi connectivity index (χ2n) is 4.88. The Morgan fingerprint density at radius 1 is 1.43 bits per heavy atom. The molecular formula is C15H15N3O3. The number of rotatable bonds is 4. The second kappa shape index (κ2) is 4.97. The van der Waals surface area contributed by atoms with Crippen LogP contribution in [0.1, 0.15) is 21.8 Å². The summed E-state index contributed by atoms with van der Waals surface area (Å²) in [6.45, 7) is 2.41. The Kier molecular flexibility index (Phi) is 3.13. The van der Waals surface area contributed by atoms with Crippen LogP contribution in [-0.4, -0.2) is 27.5 Å². The first-order valence-electron chi connectivity index (χ1n) is 6.52. The molecule has 0 fully saturated rings. The van der Waals surface area contributed by atoms with Crippen molar-refractivity contribution < 1.29 is 14.3 Å². The number of imidazole rings is 1. The summed E-state index contributed by atoms with van der Waals surface area (Å²) in [6, 6.07) is 7.28. The van der Waals surface area contributed by atoms with Gasteiger partial charge in [0.2, 0.25) is 0 Å². The first kappa shape index (κ1) is 13.2. The van der Waals surface area contributed by atoms with E-state index < -0.39 is 5.97 Å². The van der Waals surface area contributed by atoms with Crippen molar-refractivity contribution >= 4 is 17.4 Å². The highest BCUT2D eigenvalue weighted by Gasteiger charge is 2.21. The lowest BCUT2D eigenvalue weighted by Gasteiger charge is -2.16. The van der Waals surface area contributed by atoms with Gasteiger partial charge in [-0.25, -0.2) is 9.78 Å². The number of pyridine rings is 1. The van der Waals surface area contributed by atoms with Crippen molar-refractivity contribution in [3.63, 3.8) is 0 Å². The van der Waals surface area contributed by atoms with Crippen LogP contribution >= 0.6 is 0 Å². The molecule has 6 nitrogen and oxygen atoms in total. The van der Waals surface area contributed by atoms with Crippen LogP contribution in [0.5, 0.6) is 0 Å². The molecule has 108 valence electrons. The molecule has 3 rings (SSSR count). The standard InChI is InChI=1S/C15H15N3O3/c1-10-11(6-8-21-10)9-17(2)14-13(15(19)20)18-7-4-3-5-12(18)16-14/h3-8H,9H2,1-2H3,(H,19,20). The zero-order chi connectivity index (χ0) is 15.0. The van der Waals surface area contributed by atoms with Crippen LogP contribution in [0.2, 0.25) is 0 Å². The number of hydrogen-bond acceptors (Lipinski definition) is 4. The quantitative estimate of drug-likeness (QED) is 0.797. The fourth-order valence-corrected chi connectivity index (χ4v) is 2.35. The average Bonchev–Trinajstić information content (AvgIpc) is 3.02. The number of nitrogens with zero attached hydrogens (tertiary/aromatic N) is 3. The first-order chi connectivity index (χ1) is 10.1. The van der Waals surface area contributed by atoms with Gasteiger partial charge in [-0.15, -0.1) is 0 Å². The van der Waals surface area contributed by atoms with Crippen molar-refractivity contribution in [2.24, 2.45) is 0 Å². The second-order valence-corrected chi connectivity index (χ2v) is 4.88. The maximum atomic E-state index is 11.6. The monoisotopic (exact) mass is 285 g/mol. The number of aromatic carboxylic acids is 1. The molecule has 0 aromatic carbocycles. The number of anilines is 1. The predicted molar refractivity (Wildman–Crippen MR) is 77.7 cm³/mol. The number of aromatic nitrogens is 2. The number of carboxylic acids is 1. The summed E-state index contributed by atoms with van der Waals surface area (Å²) in [5.74, 6) is 0.260. The highest BCUT2D eigenvalue weighted by molar-refractivity contribution is 5.93. The van der Waals surface area contributed by atoms with Crippen molar-refractivity contribution in [2.45, 2.75) is 13.5 Å². The Hall–Kier alpha value is -2.76. The summed E-state index contributed by atoms with van der Waals surface area (Å²) in [5.41, 5.74) is 1.78. The Labute approximate surface area is 121 Å². The van der Waals surface area contributed by atoms with Crippen LogP contribution in [0.15, 0.2) is 41.1 Å². The van der Waals surface area contributed by atoms with Crippen LogP contribution in [-0.2, 0) is 6.54 Å². The maximum Gasteiger partial charge on any atom is 0.356 e. The van der Waals surface area contributed by atoms with Crippen LogP contribution in [0.3, 0.4) is 0 Å². The van der Waals surface area contributed by atoms with Gasteiger partial charge in [0.25, 0.3) is 0 Å². The SMILES string of the molecule is Cc1occc1CN(C)c1nc2ccccn2c1C(=O)O. The van der Waals surface area contributed by atoms with E-state index >= 15 is 0 Å². The van der Waals surface area contributed by atoms with E-state index in [1.54, 1.807) is 29.0 Å². The van der Waals surface area contributed by atoms with Gasteiger partial charge < -0.3 is 14.4 Å². The third kappa shape index (κ3) is 2.24. The average molecular weight is 285 g/mol. The molecule has 0 aliphatic heterocycles. The number of fused-ring (bicyclic) bond motifs is 1. The molecule has 0 aliphatic carbocycles. The van der Waals surface area contributed by atoms with E-state index in [9.17, 15) is 9.90 Å². The Bertz CT molecular complexity index is 803. The molecule has 0 spiro atoms. The molecule has 3 heterocycles. The molecule has 0 aliphatic rings. The number of aryl methyl sites for hydroxylation is 1. The molecule has 0 saturated carbocycles. The van der Waals surface area contributed by atoms with E-state index in [1.807, 2.05) is 31.0 Å². The van der Waals surface area contributed by atoms with Crippen molar-refractivity contribution in [3.05, 3.63) is 53.7 Å². The first-order valence-corrected chi connectivity index (χ1v) is 6.52. The van der Waals surface area contributed by atoms with Crippen molar-refractivity contribution in [1.82, 2.24) is 9.38 Å². The minimum Gasteiger partial charge on any atom is -0.476 e. The Balaban J connectivity index is 2.05. The van der Waals surface area contributed by atoms with Gasteiger partial charge >= 0.3 is 5.97 Å². The highest BCUT2D eigenvalue weighted by Crippen LogP contribution is 2.23. The molecule has 0 atom stereocenters. The number of carboxylic acid groups (broad SMARTS) is 1. The summed E-state index contributed by atoms with van der Waals surface area (Å²) >= 11 is 0. The van der Waals surface area contributed by atoms with E-state index in [1.165, 1.54) is 0 Å². The van der Waals surface area contributed by atoms with Gasteiger partial charge in [-0.05, 0) is 25.1 Å². The molecule has 0 amide bonds. The van der Waals surface area contributed by atoms with E-state index in [0.29, 0.717) is 18.0 Å². The Morgan fingerprint density at radius 2 is 2.24 bits per heavy atom. The molecule has 3 aromatic rings. The van der Waals surface area contributed by atoms with Crippen molar-refractivity contribution in [1.29, 1.82) is 0 Å². The molecular weight excluding hydrogens is 270 g/mol. The van der Waals surface area contributed by atoms with Gasteiger partial charge in [-0.1, -0.05) is 6.07 Å². The molecule has 6 heteroatoms. The fourth-order valence-electron chi connectivity index (χ4n) is 2.35. The van der Waals surface area contributed by atoms with Gasteiger partial charge in [0, 0.05) is 25.4 Å². The number of hydrogen-bond donors (Lipinski definition) is 1. The molecule has 0 saturated heterocycles. The van der Waals surface area contributed by atoms with Gasteiger partial charge in [0.05, 0.1) is 6.26 Å². The summed E-state index contributed by atoms with van der Waals surface area (Å²) in [7, 11) is 1.82. The largest absolute Gasteiger partial charge is 0.476 e. The lowest BCUT2D eigenvalue weighted by molar-refractivity contribution is 0.0690. The smallest absolute Gasteiger partial charge is 0.356 e. The summed E-state index contributed by atoms with van der Waals surface area (Å²) in [5, 5.41) is 9.48. The van der Waals surface area contributed by atoms with E-state index in [4.69, 9.17) is 4.42 Å². The molecule has 1 N–H and O–H groups in total. The van der Waals surface area contributed by atoms with Gasteiger partial charge in [-0.2, -0.15) is 0 Å². The zero-order valence-electron chi connectivity index (χ0n) is 11.8. The molecule has 0 bridgehead atoms. The third-order valence-electron chi connectivity index (χ3n) is 3.45. The lowest BCUT2D eigenvalue weighted by Crippen LogP contribution is -2.20. The van der Waals surface area contributed by atoms with Gasteiger partial charge in [-0.3, -0.25) is 4.40 Å². The molecule has 3 aromatic heterocycles. The predicted octanol–water partition coefficient (Wildman–Crippen LogP) is 2.57. The molecule has 0 unspecified atom stereocenters. The lowest BCUT2D eigenvalue weighted by atomic mass is 10.2. The topological polar surface area (TPSA) is 71.0 Å². The molecule has 0 radical (unpaired) electrons. The van der Waals surface area contributed by atoms with Gasteiger partial charge in [0.1, 0.15) is 11.4 Å². The van der Waals surface area contributed by atoms with E-state index in [-0.39, 0.29) is 5.69 Å². The minimum absolute atomic E-state index is 0.161. The number of furan rings is 1. The molecule has 21 heavy (non-hydrogen) atoms. The number of carbonyl (C=O) groups is 1. The summed E-state index contributed by atoms with van der Waals surface area (Å²) in [6.07, 6.45) is 3.33. The van der Waals surface area contributed by atoms with Crippen LogP contribution < -0.4 is 4.90 Å². The van der Waals surface area contributed by atoms with E-state index in [2.05, 4.69) is 4.98 Å². The van der Waals surface area contributed by atoms with Crippen LogP contribution in [0.4, 0.5) is 5.82 Å². The van der Waals surface area contributed by atoms with Gasteiger partial charge in [0.15, 0.2) is 11.5 Å². The summed E-state index contributed by atoms with van der Waals surface area (Å²) < 4.78 is 6.85. The highest BCUT2D eigenvalue weighted by atomic mass is 16.4. The van der Waals surface area contributed by atoms with Crippen LogP contribution in [0.25, 0.3) is 5.65 Å². The Morgan fingerprint density at radius 3 is 2.90 bits per heavy atom. The van der Waals surface area contributed by atoms with Crippen molar-refractivity contribution in [3.8, 4) is 0 Å². The third-order valence-corrected chi connectivity index (χ3v) is 3.45. The minimum atomic E-state index is -1.00. The van der Waals surface area contributed by atoms with Crippen LogP contribution in [0, 0.1) is 6.92 Å². The normalized spacial score (nSPS) is 11.0.